The molecule has 0 radical (unpaired) electrons. The first kappa shape index (κ1) is 27.5. The van der Waals surface area contributed by atoms with Crippen LogP contribution in [0.1, 0.15) is 64.7 Å². The Morgan fingerprint density at radius 2 is 2.06 bits per heavy atom. The molecule has 0 bridgehead atoms. The van der Waals surface area contributed by atoms with E-state index in [1.165, 1.54) is 10.8 Å². The van der Waals surface area contributed by atoms with Crippen LogP contribution in [0.5, 0.6) is 0 Å². The average molecular weight is 498 g/mol. The van der Waals surface area contributed by atoms with E-state index in [1.54, 1.807) is 6.92 Å². The maximum Gasteiger partial charge on any atom is 0.330 e. The van der Waals surface area contributed by atoms with Crippen LogP contribution < -0.4 is 16.6 Å². The molecular weight excluding hydrogens is 458 g/mol. The molecule has 0 spiro atoms. The van der Waals surface area contributed by atoms with Gasteiger partial charge < -0.3 is 29.0 Å². The number of nitrogens with zero attached hydrogens (tertiary/aromatic N) is 1. The van der Waals surface area contributed by atoms with Crippen LogP contribution in [0.25, 0.3) is 0 Å². The Balaban J connectivity index is 1.51. The van der Waals surface area contributed by atoms with Crippen LogP contribution in [0.2, 0.25) is 0 Å². The Bertz CT molecular complexity index is 932. The molecule has 198 valence electrons. The zero-order valence-corrected chi connectivity index (χ0v) is 21.2. The smallest absolute Gasteiger partial charge is 0.330 e. The van der Waals surface area contributed by atoms with E-state index in [0.29, 0.717) is 38.2 Å². The van der Waals surface area contributed by atoms with E-state index in [-0.39, 0.29) is 37.6 Å². The van der Waals surface area contributed by atoms with Gasteiger partial charge in [-0.2, -0.15) is 0 Å². The molecule has 1 unspecified atom stereocenters. The van der Waals surface area contributed by atoms with E-state index in [9.17, 15) is 14.4 Å². The SMILES string of the molecule is Cc1cn([C@H]2C[C@H](OCCCNCC(=O)OC(C)(C)C)[C@@H](COC3CCCCO3)O2)c(=O)[nH]c1=O. The van der Waals surface area contributed by atoms with Gasteiger partial charge >= 0.3 is 11.7 Å². The second-order valence-electron chi connectivity index (χ2n) is 10.00. The number of rotatable bonds is 11. The quantitative estimate of drug-likeness (QED) is 0.344. The standard InChI is InChI=1S/C24H39N3O8/c1-16-14-27(23(30)26-22(16)29)19-12-17(18(34-19)15-33-21-8-5-6-10-32-21)31-11-7-9-25-13-20(28)35-24(2,3)4/h14,17-19,21,25H,5-13,15H2,1-4H3,(H,26,29,30)/t17-,18+,19+,21?/m0/s1. The number of hydrogen-bond acceptors (Lipinski definition) is 9. The Kier molecular flexibility index (Phi) is 10.0. The van der Waals surface area contributed by atoms with Crippen LogP contribution in [0.4, 0.5) is 0 Å². The maximum absolute atomic E-state index is 12.4. The normalized spacial score (nSPS) is 25.0. The van der Waals surface area contributed by atoms with Gasteiger partial charge in [-0.25, -0.2) is 4.79 Å². The minimum atomic E-state index is -0.575. The molecule has 2 saturated heterocycles. The lowest BCUT2D eigenvalue weighted by Gasteiger charge is -2.26. The van der Waals surface area contributed by atoms with Gasteiger partial charge in [-0.05, 0) is 59.9 Å². The third-order valence-electron chi connectivity index (χ3n) is 5.74. The predicted octanol–water partition coefficient (Wildman–Crippen LogP) is 1.38. The van der Waals surface area contributed by atoms with Gasteiger partial charge in [0.1, 0.15) is 17.9 Å². The van der Waals surface area contributed by atoms with Crippen molar-refractivity contribution in [3.8, 4) is 0 Å². The number of ether oxygens (including phenoxy) is 5. The zero-order chi connectivity index (χ0) is 25.4. The highest BCUT2D eigenvalue weighted by Gasteiger charge is 2.38. The van der Waals surface area contributed by atoms with E-state index >= 15 is 0 Å². The van der Waals surface area contributed by atoms with Gasteiger partial charge in [0.15, 0.2) is 6.29 Å². The molecule has 2 aliphatic heterocycles. The summed E-state index contributed by atoms with van der Waals surface area (Å²) >= 11 is 0. The molecule has 0 aromatic carbocycles. The molecule has 1 aromatic rings. The minimum absolute atomic E-state index is 0.137. The van der Waals surface area contributed by atoms with Crippen LogP contribution in [0.3, 0.4) is 0 Å². The van der Waals surface area contributed by atoms with E-state index in [1.807, 2.05) is 20.8 Å². The summed E-state index contributed by atoms with van der Waals surface area (Å²) in [5.74, 6) is -0.297. The van der Waals surface area contributed by atoms with Gasteiger partial charge in [0, 0.05) is 31.4 Å². The summed E-state index contributed by atoms with van der Waals surface area (Å²) in [5, 5.41) is 3.06. The van der Waals surface area contributed by atoms with Gasteiger partial charge in [-0.15, -0.1) is 0 Å². The first-order valence-corrected chi connectivity index (χ1v) is 12.4. The highest BCUT2D eigenvalue weighted by Crippen LogP contribution is 2.31. The van der Waals surface area contributed by atoms with E-state index in [2.05, 4.69) is 10.3 Å². The fourth-order valence-electron chi connectivity index (χ4n) is 4.04. The van der Waals surface area contributed by atoms with Gasteiger partial charge in [0.05, 0.1) is 19.3 Å². The third kappa shape index (κ3) is 8.84. The van der Waals surface area contributed by atoms with Crippen LogP contribution in [-0.2, 0) is 28.5 Å². The largest absolute Gasteiger partial charge is 0.459 e. The van der Waals surface area contributed by atoms with Gasteiger partial charge in [0.2, 0.25) is 0 Å². The Labute approximate surface area is 205 Å². The second kappa shape index (κ2) is 12.8. The number of aryl methyl sites for hydroxylation is 1. The van der Waals surface area contributed by atoms with E-state index < -0.39 is 23.1 Å². The number of hydrogen-bond donors (Lipinski definition) is 2. The third-order valence-corrected chi connectivity index (χ3v) is 5.74. The molecule has 11 nitrogen and oxygen atoms in total. The summed E-state index contributed by atoms with van der Waals surface area (Å²) in [6, 6.07) is 0. The predicted molar refractivity (Wildman–Crippen MR) is 127 cm³/mol. The Hall–Kier alpha value is -2.05. The van der Waals surface area contributed by atoms with Crippen LogP contribution >= 0.6 is 0 Å². The summed E-state index contributed by atoms with van der Waals surface area (Å²) in [4.78, 5) is 38.2. The van der Waals surface area contributed by atoms with Crippen LogP contribution in [-0.4, -0.2) is 72.5 Å². The highest BCUT2D eigenvalue weighted by atomic mass is 16.7. The molecule has 2 N–H and O–H groups in total. The molecule has 0 saturated carbocycles. The zero-order valence-electron chi connectivity index (χ0n) is 21.2. The average Bonchev–Trinajstić information content (AvgIpc) is 3.19. The lowest BCUT2D eigenvalue weighted by Crippen LogP contribution is -2.34. The molecule has 1 aromatic heterocycles. The molecule has 4 atom stereocenters. The molecule has 0 aliphatic carbocycles. The fraction of sp³-hybridized carbons (Fsp3) is 0.792. The highest BCUT2D eigenvalue weighted by molar-refractivity contribution is 5.72. The molecule has 3 rings (SSSR count). The summed E-state index contributed by atoms with van der Waals surface area (Å²) in [6.45, 7) is 9.27. The van der Waals surface area contributed by atoms with Gasteiger partial charge in [-0.1, -0.05) is 0 Å². The fourth-order valence-corrected chi connectivity index (χ4v) is 4.04. The first-order valence-electron chi connectivity index (χ1n) is 12.4. The molecule has 2 aliphatic rings. The van der Waals surface area contributed by atoms with Crippen LogP contribution in [0, 0.1) is 6.92 Å². The lowest BCUT2D eigenvalue weighted by atomic mass is 10.1. The summed E-state index contributed by atoms with van der Waals surface area (Å²) in [6.07, 6.45) is 4.03. The van der Waals surface area contributed by atoms with Crippen molar-refractivity contribution in [2.24, 2.45) is 0 Å². The topological polar surface area (TPSA) is 130 Å². The van der Waals surface area contributed by atoms with Crippen molar-refractivity contribution < 1.29 is 28.5 Å². The number of aromatic nitrogens is 2. The number of esters is 1. The van der Waals surface area contributed by atoms with Gasteiger partial charge in [-0.3, -0.25) is 19.1 Å². The summed E-state index contributed by atoms with van der Waals surface area (Å²) < 4.78 is 30.5. The molecule has 35 heavy (non-hydrogen) atoms. The minimum Gasteiger partial charge on any atom is -0.459 e. The van der Waals surface area contributed by atoms with Crippen molar-refractivity contribution in [3.63, 3.8) is 0 Å². The number of carbonyl (C=O) groups excluding carboxylic acids is 1. The maximum atomic E-state index is 12.4. The van der Waals surface area contributed by atoms with Crippen molar-refractivity contribution in [2.75, 3.05) is 32.9 Å². The summed E-state index contributed by atoms with van der Waals surface area (Å²) in [7, 11) is 0. The van der Waals surface area contributed by atoms with Crippen molar-refractivity contribution in [2.45, 2.75) is 90.1 Å². The van der Waals surface area contributed by atoms with Crippen molar-refractivity contribution in [3.05, 3.63) is 32.6 Å². The number of aromatic amines is 1. The molecular formula is C24H39N3O8. The van der Waals surface area contributed by atoms with Crippen molar-refractivity contribution >= 4 is 5.97 Å². The summed E-state index contributed by atoms with van der Waals surface area (Å²) in [5.41, 5.74) is -1.01. The van der Waals surface area contributed by atoms with Crippen LogP contribution in [0.15, 0.2) is 15.8 Å². The second-order valence-corrected chi connectivity index (χ2v) is 10.00. The van der Waals surface area contributed by atoms with E-state index in [4.69, 9.17) is 23.7 Å². The monoisotopic (exact) mass is 497 g/mol. The molecule has 11 heteroatoms. The van der Waals surface area contributed by atoms with Gasteiger partial charge in [0.25, 0.3) is 5.56 Å². The number of carbonyl (C=O) groups is 1. The van der Waals surface area contributed by atoms with E-state index in [0.717, 1.165) is 19.3 Å². The van der Waals surface area contributed by atoms with Crippen molar-refractivity contribution in [1.29, 1.82) is 0 Å². The molecule has 0 amide bonds. The number of nitrogens with one attached hydrogen (secondary N) is 2. The molecule has 3 heterocycles. The number of H-pyrrole nitrogens is 1. The molecule has 2 fully saturated rings. The lowest BCUT2D eigenvalue weighted by molar-refractivity contribution is -0.187. The Morgan fingerprint density at radius 1 is 1.26 bits per heavy atom. The van der Waals surface area contributed by atoms with Crippen molar-refractivity contribution in [1.82, 2.24) is 14.9 Å². The Morgan fingerprint density at radius 3 is 2.77 bits per heavy atom. The first-order chi connectivity index (χ1) is 16.6.